The third-order valence-electron chi connectivity index (χ3n) is 3.54. The van der Waals surface area contributed by atoms with Gasteiger partial charge in [-0.2, -0.15) is 0 Å². The van der Waals surface area contributed by atoms with Gasteiger partial charge in [0, 0.05) is 5.02 Å². The summed E-state index contributed by atoms with van der Waals surface area (Å²) in [6.07, 6.45) is -0.610. The SMILES string of the molecule is COc1ccc(OCCNC(=O)[C@H](C)Oc2ccc(Cl)c(C)c2)cc1. The molecule has 1 atom stereocenters. The van der Waals surface area contributed by atoms with Crippen molar-refractivity contribution in [1.82, 2.24) is 5.32 Å². The maximum absolute atomic E-state index is 12.1. The standard InChI is InChI=1S/C19H22ClNO4/c1-13-12-17(8-9-18(13)20)25-14(2)19(22)21-10-11-24-16-6-4-15(23-3)5-7-16/h4-9,12,14H,10-11H2,1-3H3,(H,21,22)/t14-/m0/s1. The van der Waals surface area contributed by atoms with Gasteiger partial charge in [0.25, 0.3) is 5.91 Å². The fraction of sp³-hybridized carbons (Fsp3) is 0.316. The topological polar surface area (TPSA) is 56.8 Å². The Kier molecular flexibility index (Phi) is 6.95. The monoisotopic (exact) mass is 363 g/mol. The van der Waals surface area contributed by atoms with Crippen molar-refractivity contribution in [3.05, 3.63) is 53.1 Å². The molecular formula is C19H22ClNO4. The van der Waals surface area contributed by atoms with E-state index in [0.29, 0.717) is 23.9 Å². The molecule has 0 saturated heterocycles. The molecule has 0 radical (unpaired) electrons. The van der Waals surface area contributed by atoms with Gasteiger partial charge in [-0.05, 0) is 61.9 Å². The van der Waals surface area contributed by atoms with E-state index in [9.17, 15) is 4.79 Å². The third kappa shape index (κ3) is 5.87. The largest absolute Gasteiger partial charge is 0.497 e. The summed E-state index contributed by atoms with van der Waals surface area (Å²) in [5.41, 5.74) is 0.902. The lowest BCUT2D eigenvalue weighted by Gasteiger charge is -2.15. The van der Waals surface area contributed by atoms with Gasteiger partial charge in [0.2, 0.25) is 0 Å². The number of amides is 1. The van der Waals surface area contributed by atoms with Crippen LogP contribution in [0.1, 0.15) is 12.5 Å². The Labute approximate surface area is 152 Å². The quantitative estimate of drug-likeness (QED) is 0.728. The molecule has 2 aromatic carbocycles. The predicted octanol–water partition coefficient (Wildman–Crippen LogP) is 3.62. The first kappa shape index (κ1) is 18.9. The molecule has 0 aliphatic rings. The summed E-state index contributed by atoms with van der Waals surface area (Å²) >= 11 is 5.98. The van der Waals surface area contributed by atoms with Crippen molar-refractivity contribution in [2.75, 3.05) is 20.3 Å². The summed E-state index contributed by atoms with van der Waals surface area (Å²) in [6.45, 7) is 4.34. The first-order chi connectivity index (χ1) is 12.0. The summed E-state index contributed by atoms with van der Waals surface area (Å²) in [7, 11) is 1.61. The molecule has 25 heavy (non-hydrogen) atoms. The average molecular weight is 364 g/mol. The highest BCUT2D eigenvalue weighted by Crippen LogP contribution is 2.22. The van der Waals surface area contributed by atoms with E-state index in [4.69, 9.17) is 25.8 Å². The van der Waals surface area contributed by atoms with E-state index in [0.717, 1.165) is 17.1 Å². The number of rotatable bonds is 8. The molecule has 6 heteroatoms. The molecule has 0 bridgehead atoms. The van der Waals surface area contributed by atoms with E-state index >= 15 is 0 Å². The summed E-state index contributed by atoms with van der Waals surface area (Å²) in [6, 6.07) is 12.6. The van der Waals surface area contributed by atoms with E-state index < -0.39 is 6.10 Å². The van der Waals surface area contributed by atoms with Crippen LogP contribution in [0.25, 0.3) is 0 Å². The highest BCUT2D eigenvalue weighted by Gasteiger charge is 2.14. The zero-order chi connectivity index (χ0) is 18.2. The fourth-order valence-electron chi connectivity index (χ4n) is 2.11. The van der Waals surface area contributed by atoms with Gasteiger partial charge in [0.15, 0.2) is 6.10 Å². The molecule has 0 aliphatic carbocycles. The van der Waals surface area contributed by atoms with Gasteiger partial charge in [-0.3, -0.25) is 4.79 Å². The van der Waals surface area contributed by atoms with Crippen molar-refractivity contribution >= 4 is 17.5 Å². The Balaban J connectivity index is 1.72. The summed E-state index contributed by atoms with van der Waals surface area (Å²) in [4.78, 5) is 12.1. The lowest BCUT2D eigenvalue weighted by molar-refractivity contribution is -0.127. The van der Waals surface area contributed by atoms with E-state index in [1.807, 2.05) is 31.2 Å². The average Bonchev–Trinajstić information content (AvgIpc) is 2.62. The van der Waals surface area contributed by atoms with E-state index in [1.165, 1.54) is 0 Å². The van der Waals surface area contributed by atoms with E-state index in [-0.39, 0.29) is 5.91 Å². The first-order valence-electron chi connectivity index (χ1n) is 7.97. The zero-order valence-electron chi connectivity index (χ0n) is 14.5. The molecule has 1 N–H and O–H groups in total. The van der Waals surface area contributed by atoms with Crippen molar-refractivity contribution < 1.29 is 19.0 Å². The molecular weight excluding hydrogens is 342 g/mol. The second-order valence-electron chi connectivity index (χ2n) is 5.49. The lowest BCUT2D eigenvalue weighted by atomic mass is 10.2. The van der Waals surface area contributed by atoms with Crippen molar-refractivity contribution in [3.63, 3.8) is 0 Å². The van der Waals surface area contributed by atoms with Gasteiger partial charge >= 0.3 is 0 Å². The fourth-order valence-corrected chi connectivity index (χ4v) is 2.22. The van der Waals surface area contributed by atoms with Gasteiger partial charge in [0.1, 0.15) is 23.9 Å². The predicted molar refractivity (Wildman–Crippen MR) is 97.8 cm³/mol. The Morgan fingerprint density at radius 1 is 1.12 bits per heavy atom. The first-order valence-corrected chi connectivity index (χ1v) is 8.35. The molecule has 2 rings (SSSR count). The Bertz CT molecular complexity index is 703. The number of methoxy groups -OCH3 is 1. The van der Waals surface area contributed by atoms with Crippen LogP contribution in [0, 0.1) is 6.92 Å². The number of nitrogens with one attached hydrogen (secondary N) is 1. The van der Waals surface area contributed by atoms with Crippen LogP contribution in [0.15, 0.2) is 42.5 Å². The van der Waals surface area contributed by atoms with Gasteiger partial charge < -0.3 is 19.5 Å². The molecule has 0 aliphatic heterocycles. The Hall–Kier alpha value is -2.40. The van der Waals surface area contributed by atoms with Crippen LogP contribution in [0.4, 0.5) is 0 Å². The minimum atomic E-state index is -0.610. The van der Waals surface area contributed by atoms with Crippen LogP contribution in [0.2, 0.25) is 5.02 Å². The Morgan fingerprint density at radius 3 is 2.40 bits per heavy atom. The molecule has 0 fully saturated rings. The summed E-state index contributed by atoms with van der Waals surface area (Å²) < 4.78 is 16.3. The highest BCUT2D eigenvalue weighted by atomic mass is 35.5. The molecule has 0 unspecified atom stereocenters. The third-order valence-corrected chi connectivity index (χ3v) is 3.97. The number of benzene rings is 2. The smallest absolute Gasteiger partial charge is 0.260 e. The van der Waals surface area contributed by atoms with Crippen LogP contribution >= 0.6 is 11.6 Å². The van der Waals surface area contributed by atoms with Gasteiger partial charge in [0.05, 0.1) is 13.7 Å². The van der Waals surface area contributed by atoms with E-state index in [2.05, 4.69) is 5.32 Å². The normalized spacial score (nSPS) is 11.5. The lowest BCUT2D eigenvalue weighted by Crippen LogP contribution is -2.38. The number of ether oxygens (including phenoxy) is 3. The van der Waals surface area contributed by atoms with Crippen molar-refractivity contribution in [3.8, 4) is 17.2 Å². The van der Waals surface area contributed by atoms with Crippen LogP contribution in [-0.4, -0.2) is 32.3 Å². The molecule has 0 saturated carbocycles. The number of carbonyl (C=O) groups is 1. The minimum Gasteiger partial charge on any atom is -0.497 e. The van der Waals surface area contributed by atoms with Crippen molar-refractivity contribution in [2.24, 2.45) is 0 Å². The molecule has 5 nitrogen and oxygen atoms in total. The summed E-state index contributed by atoms with van der Waals surface area (Å²) in [5, 5.41) is 3.45. The molecule has 134 valence electrons. The van der Waals surface area contributed by atoms with Crippen molar-refractivity contribution in [2.45, 2.75) is 20.0 Å². The maximum Gasteiger partial charge on any atom is 0.260 e. The molecule has 0 spiro atoms. The number of hydrogen-bond acceptors (Lipinski definition) is 4. The Morgan fingerprint density at radius 2 is 1.76 bits per heavy atom. The number of carbonyl (C=O) groups excluding carboxylic acids is 1. The molecule has 0 heterocycles. The van der Waals surface area contributed by atoms with Crippen LogP contribution < -0.4 is 19.5 Å². The zero-order valence-corrected chi connectivity index (χ0v) is 15.3. The summed E-state index contributed by atoms with van der Waals surface area (Å²) in [5.74, 6) is 1.89. The highest BCUT2D eigenvalue weighted by molar-refractivity contribution is 6.31. The second-order valence-corrected chi connectivity index (χ2v) is 5.89. The minimum absolute atomic E-state index is 0.203. The molecule has 2 aromatic rings. The van der Waals surface area contributed by atoms with Crippen LogP contribution in [0.5, 0.6) is 17.2 Å². The van der Waals surface area contributed by atoms with Gasteiger partial charge in [-0.15, -0.1) is 0 Å². The van der Waals surface area contributed by atoms with Crippen LogP contribution in [0.3, 0.4) is 0 Å². The van der Waals surface area contributed by atoms with Gasteiger partial charge in [-0.1, -0.05) is 11.6 Å². The van der Waals surface area contributed by atoms with Crippen LogP contribution in [-0.2, 0) is 4.79 Å². The number of hydrogen-bond donors (Lipinski definition) is 1. The van der Waals surface area contributed by atoms with Crippen molar-refractivity contribution in [1.29, 1.82) is 0 Å². The molecule has 0 aromatic heterocycles. The molecule has 1 amide bonds. The number of halogens is 1. The van der Waals surface area contributed by atoms with Gasteiger partial charge in [-0.25, -0.2) is 0 Å². The second kappa shape index (κ2) is 9.18. The van der Waals surface area contributed by atoms with E-state index in [1.54, 1.807) is 32.2 Å². The maximum atomic E-state index is 12.1. The number of aryl methyl sites for hydroxylation is 1.